The van der Waals surface area contributed by atoms with Crippen molar-refractivity contribution in [2.24, 2.45) is 5.92 Å². The van der Waals surface area contributed by atoms with Crippen molar-refractivity contribution in [3.05, 3.63) is 21.9 Å². The molecule has 0 atom stereocenters. The lowest BCUT2D eigenvalue weighted by molar-refractivity contribution is 0.190. The van der Waals surface area contributed by atoms with E-state index in [4.69, 9.17) is 5.26 Å². The lowest BCUT2D eigenvalue weighted by Crippen LogP contribution is -2.34. The van der Waals surface area contributed by atoms with E-state index in [-0.39, 0.29) is 0 Å². The van der Waals surface area contributed by atoms with Gasteiger partial charge in [-0.2, -0.15) is 5.26 Å². The lowest BCUT2D eigenvalue weighted by Gasteiger charge is -2.30. The van der Waals surface area contributed by atoms with E-state index in [0.29, 0.717) is 0 Å². The van der Waals surface area contributed by atoms with Gasteiger partial charge in [0.25, 0.3) is 0 Å². The van der Waals surface area contributed by atoms with Crippen molar-refractivity contribution in [3.8, 4) is 6.07 Å². The molecule has 3 nitrogen and oxygen atoms in total. The Hall–Kier alpha value is -0.890. The summed E-state index contributed by atoms with van der Waals surface area (Å²) in [5.74, 6) is 0.919. The molecule has 1 saturated heterocycles. The Kier molecular flexibility index (Phi) is 5.84. The molecule has 19 heavy (non-hydrogen) atoms. The van der Waals surface area contributed by atoms with Gasteiger partial charge in [0.05, 0.1) is 5.56 Å². The number of likely N-dealkylation sites (tertiary alicyclic amines) is 1. The normalized spacial score (nSPS) is 17.5. The maximum absolute atomic E-state index is 8.75. The summed E-state index contributed by atoms with van der Waals surface area (Å²) in [4.78, 5) is 3.84. The third kappa shape index (κ3) is 4.94. The highest BCUT2D eigenvalue weighted by Crippen LogP contribution is 2.16. The number of hydrogen-bond donors (Lipinski definition) is 1. The third-order valence-corrected chi connectivity index (χ3v) is 4.72. The van der Waals surface area contributed by atoms with Crippen LogP contribution in [0.2, 0.25) is 0 Å². The summed E-state index contributed by atoms with van der Waals surface area (Å²) in [5.41, 5.74) is 0.782. The molecule has 0 unspecified atom stereocenters. The average molecular weight is 277 g/mol. The molecule has 1 fully saturated rings. The number of rotatable bonds is 6. The van der Waals surface area contributed by atoms with Gasteiger partial charge in [-0.25, -0.2) is 0 Å². The molecule has 1 aliphatic heterocycles. The van der Waals surface area contributed by atoms with Crippen molar-refractivity contribution in [2.75, 3.05) is 26.2 Å². The Balaban J connectivity index is 1.54. The van der Waals surface area contributed by atoms with E-state index < -0.39 is 0 Å². The minimum atomic E-state index is 0.782. The molecule has 0 saturated carbocycles. The van der Waals surface area contributed by atoms with Crippen LogP contribution in [0.4, 0.5) is 0 Å². The Morgan fingerprint density at radius 3 is 2.95 bits per heavy atom. The third-order valence-electron chi connectivity index (χ3n) is 3.79. The number of nitrogens with zero attached hydrogens (tertiary/aromatic N) is 2. The van der Waals surface area contributed by atoms with Crippen LogP contribution in [0.1, 0.15) is 36.6 Å². The summed E-state index contributed by atoms with van der Waals surface area (Å²) in [6.07, 6.45) is 3.93. The second kappa shape index (κ2) is 7.64. The molecule has 0 spiro atoms. The summed E-state index contributed by atoms with van der Waals surface area (Å²) in [6.45, 7) is 8.08. The highest BCUT2D eigenvalue weighted by Gasteiger charge is 2.14. The van der Waals surface area contributed by atoms with Crippen molar-refractivity contribution >= 4 is 11.3 Å². The van der Waals surface area contributed by atoms with Gasteiger partial charge in [0.1, 0.15) is 6.07 Å². The fourth-order valence-corrected chi connectivity index (χ4v) is 3.24. The van der Waals surface area contributed by atoms with Gasteiger partial charge in [-0.1, -0.05) is 6.92 Å². The van der Waals surface area contributed by atoms with Crippen LogP contribution in [-0.2, 0) is 6.54 Å². The number of thiophene rings is 1. The minimum absolute atomic E-state index is 0.782. The number of piperidine rings is 1. The lowest BCUT2D eigenvalue weighted by atomic mass is 9.99. The van der Waals surface area contributed by atoms with Crippen LogP contribution in [-0.4, -0.2) is 31.1 Å². The fraction of sp³-hybridized carbons (Fsp3) is 0.667. The molecule has 0 amide bonds. The molecule has 0 aliphatic carbocycles. The first kappa shape index (κ1) is 14.5. The van der Waals surface area contributed by atoms with Gasteiger partial charge < -0.3 is 10.2 Å². The molecule has 1 aromatic rings. The Bertz CT molecular complexity index is 413. The van der Waals surface area contributed by atoms with Crippen molar-refractivity contribution in [1.29, 1.82) is 5.26 Å². The van der Waals surface area contributed by atoms with Gasteiger partial charge in [0, 0.05) is 16.8 Å². The predicted molar refractivity (Wildman–Crippen MR) is 80.2 cm³/mol. The van der Waals surface area contributed by atoms with E-state index in [0.717, 1.165) is 24.6 Å². The van der Waals surface area contributed by atoms with Crippen LogP contribution in [0, 0.1) is 17.2 Å². The van der Waals surface area contributed by atoms with Crippen LogP contribution in [0.15, 0.2) is 11.4 Å². The summed E-state index contributed by atoms with van der Waals surface area (Å²) >= 11 is 1.67. The van der Waals surface area contributed by atoms with Gasteiger partial charge in [-0.3, -0.25) is 0 Å². The van der Waals surface area contributed by atoms with Crippen LogP contribution in [0.5, 0.6) is 0 Å². The highest BCUT2D eigenvalue weighted by molar-refractivity contribution is 7.10. The molecule has 1 N–H and O–H groups in total. The van der Waals surface area contributed by atoms with Crippen molar-refractivity contribution in [3.63, 3.8) is 0 Å². The van der Waals surface area contributed by atoms with Gasteiger partial charge in [-0.15, -0.1) is 11.3 Å². The van der Waals surface area contributed by atoms with Crippen LogP contribution >= 0.6 is 11.3 Å². The molecule has 104 valence electrons. The molecule has 2 heterocycles. The van der Waals surface area contributed by atoms with E-state index in [1.54, 1.807) is 11.3 Å². The van der Waals surface area contributed by atoms with E-state index in [9.17, 15) is 0 Å². The van der Waals surface area contributed by atoms with Crippen molar-refractivity contribution in [1.82, 2.24) is 10.2 Å². The van der Waals surface area contributed by atoms with Crippen LogP contribution in [0.25, 0.3) is 0 Å². The van der Waals surface area contributed by atoms with E-state index in [2.05, 4.69) is 23.2 Å². The standard InChI is InChI=1S/C15H23N3S/c1-13-3-7-18(8-4-13)6-2-5-17-11-15-9-14(10-16)12-19-15/h9,12-13,17H,2-8,11H2,1H3. The summed E-state index contributed by atoms with van der Waals surface area (Å²) in [5, 5.41) is 14.1. The first-order chi connectivity index (χ1) is 9.28. The topological polar surface area (TPSA) is 39.1 Å². The second-order valence-corrected chi connectivity index (χ2v) is 6.46. The van der Waals surface area contributed by atoms with E-state index in [1.165, 1.54) is 43.8 Å². The zero-order valence-corrected chi connectivity index (χ0v) is 12.5. The van der Waals surface area contributed by atoms with Crippen molar-refractivity contribution in [2.45, 2.75) is 32.7 Å². The Morgan fingerprint density at radius 1 is 1.47 bits per heavy atom. The van der Waals surface area contributed by atoms with Crippen LogP contribution < -0.4 is 5.32 Å². The van der Waals surface area contributed by atoms with Gasteiger partial charge in [-0.05, 0) is 57.4 Å². The molecule has 0 aromatic carbocycles. The molecule has 1 aliphatic rings. The summed E-state index contributed by atoms with van der Waals surface area (Å²) < 4.78 is 0. The van der Waals surface area contributed by atoms with Crippen LogP contribution in [0.3, 0.4) is 0 Å². The second-order valence-electron chi connectivity index (χ2n) is 5.47. The first-order valence-electron chi connectivity index (χ1n) is 7.18. The molecule has 2 rings (SSSR count). The Morgan fingerprint density at radius 2 is 2.26 bits per heavy atom. The molecule has 0 bridgehead atoms. The maximum atomic E-state index is 8.75. The molecular formula is C15H23N3S. The quantitative estimate of drug-likeness (QED) is 0.813. The monoisotopic (exact) mass is 277 g/mol. The van der Waals surface area contributed by atoms with Gasteiger partial charge in [0.2, 0.25) is 0 Å². The Labute approximate surface area is 120 Å². The van der Waals surface area contributed by atoms with E-state index in [1.807, 2.05) is 11.4 Å². The maximum Gasteiger partial charge on any atom is 0.100 e. The predicted octanol–water partition coefficient (Wildman–Crippen LogP) is 2.83. The van der Waals surface area contributed by atoms with Crippen molar-refractivity contribution < 1.29 is 0 Å². The molecule has 1 aromatic heterocycles. The van der Waals surface area contributed by atoms with E-state index >= 15 is 0 Å². The first-order valence-corrected chi connectivity index (χ1v) is 8.06. The zero-order valence-electron chi connectivity index (χ0n) is 11.7. The van der Waals surface area contributed by atoms with Gasteiger partial charge in [0.15, 0.2) is 0 Å². The average Bonchev–Trinajstić information content (AvgIpc) is 2.88. The highest BCUT2D eigenvalue weighted by atomic mass is 32.1. The van der Waals surface area contributed by atoms with Gasteiger partial charge >= 0.3 is 0 Å². The largest absolute Gasteiger partial charge is 0.312 e. The molecule has 4 heteroatoms. The smallest absolute Gasteiger partial charge is 0.100 e. The SMILES string of the molecule is CC1CCN(CCCNCc2cc(C#N)cs2)CC1. The fourth-order valence-electron chi connectivity index (χ4n) is 2.46. The summed E-state index contributed by atoms with van der Waals surface area (Å²) in [7, 11) is 0. The summed E-state index contributed by atoms with van der Waals surface area (Å²) in [6, 6.07) is 4.15. The number of hydrogen-bond acceptors (Lipinski definition) is 4. The minimum Gasteiger partial charge on any atom is -0.312 e. The molecular weight excluding hydrogens is 254 g/mol. The number of nitrogens with one attached hydrogen (secondary N) is 1. The molecule has 0 radical (unpaired) electrons. The number of nitriles is 1. The zero-order chi connectivity index (χ0) is 13.5.